The Morgan fingerprint density at radius 3 is 2.38 bits per heavy atom. The van der Waals surface area contributed by atoms with Gasteiger partial charge in [0.05, 0.1) is 13.0 Å². The molecule has 0 bridgehead atoms. The Morgan fingerprint density at radius 2 is 1.81 bits per heavy atom. The molecule has 0 rings (SSSR count). The highest BCUT2D eigenvalue weighted by Gasteiger charge is 2.15. The van der Waals surface area contributed by atoms with Crippen LogP contribution >= 0.6 is 0 Å². The minimum absolute atomic E-state index is 0.220. The van der Waals surface area contributed by atoms with Crippen molar-refractivity contribution in [2.75, 3.05) is 19.8 Å². The summed E-state index contributed by atoms with van der Waals surface area (Å²) in [4.78, 5) is 11.3. The quantitative estimate of drug-likeness (QED) is 0.513. The number of unbranched alkanes of at least 4 members (excludes halogenated alkanes) is 2. The van der Waals surface area contributed by atoms with Gasteiger partial charge in [0, 0.05) is 13.2 Å². The molecule has 0 fully saturated rings. The van der Waals surface area contributed by atoms with Crippen LogP contribution in [-0.4, -0.2) is 36.5 Å². The molecule has 96 valence electrons. The van der Waals surface area contributed by atoms with Crippen molar-refractivity contribution in [1.29, 1.82) is 0 Å². The fourth-order valence-electron chi connectivity index (χ4n) is 1.14. The molecule has 0 unspecified atom stereocenters. The van der Waals surface area contributed by atoms with Crippen LogP contribution in [0.4, 0.5) is 0 Å². The number of hydrogen-bond donors (Lipinski definition) is 1. The summed E-state index contributed by atoms with van der Waals surface area (Å²) in [5, 5.41) is 8.55. The first-order valence-electron chi connectivity index (χ1n) is 5.86. The van der Waals surface area contributed by atoms with Crippen LogP contribution in [0.2, 0.25) is 0 Å². The maximum atomic E-state index is 11.3. The predicted octanol–water partition coefficient (Wildman–Crippen LogP) is 1.90. The number of esters is 1. The maximum absolute atomic E-state index is 11.3. The van der Waals surface area contributed by atoms with Crippen LogP contribution < -0.4 is 0 Å². The van der Waals surface area contributed by atoms with Gasteiger partial charge in [0.2, 0.25) is 0 Å². The molecule has 4 heteroatoms. The molecule has 0 aromatic heterocycles. The van der Waals surface area contributed by atoms with Gasteiger partial charge in [-0.3, -0.25) is 4.79 Å². The molecule has 0 spiro atoms. The molecule has 0 atom stereocenters. The first-order chi connectivity index (χ1) is 7.45. The van der Waals surface area contributed by atoms with Crippen LogP contribution in [-0.2, 0) is 14.3 Å². The molecule has 1 N–H and O–H groups in total. The van der Waals surface area contributed by atoms with Gasteiger partial charge < -0.3 is 14.6 Å². The van der Waals surface area contributed by atoms with Crippen LogP contribution in [0.15, 0.2) is 0 Å². The minimum atomic E-state index is -0.418. The molecular weight excluding hydrogens is 208 g/mol. The fraction of sp³-hybridized carbons (Fsp3) is 0.917. The lowest BCUT2D eigenvalue weighted by molar-refractivity contribution is -0.156. The Hall–Kier alpha value is -0.610. The summed E-state index contributed by atoms with van der Waals surface area (Å²) < 4.78 is 10.4. The summed E-state index contributed by atoms with van der Waals surface area (Å²) in [5.41, 5.74) is -0.418. The van der Waals surface area contributed by atoms with Crippen molar-refractivity contribution in [3.63, 3.8) is 0 Å². The zero-order chi connectivity index (χ0) is 12.4. The third kappa shape index (κ3) is 11.5. The fourth-order valence-corrected chi connectivity index (χ4v) is 1.14. The molecule has 0 aliphatic rings. The molecule has 0 saturated heterocycles. The van der Waals surface area contributed by atoms with E-state index in [2.05, 4.69) is 0 Å². The second-order valence-electron chi connectivity index (χ2n) is 4.73. The molecule has 0 aliphatic carbocycles. The van der Waals surface area contributed by atoms with E-state index in [1.807, 2.05) is 20.8 Å². The van der Waals surface area contributed by atoms with E-state index < -0.39 is 5.60 Å². The molecule has 0 radical (unpaired) electrons. The second kappa shape index (κ2) is 8.53. The highest BCUT2D eigenvalue weighted by atomic mass is 16.6. The van der Waals surface area contributed by atoms with Crippen LogP contribution in [0.5, 0.6) is 0 Å². The maximum Gasteiger partial charge on any atom is 0.308 e. The lowest BCUT2D eigenvalue weighted by Crippen LogP contribution is -2.24. The standard InChI is InChI=1S/C12H24O4/c1-12(2,3)16-11(14)7-10-15-9-6-4-5-8-13/h13H,4-10H2,1-3H3. The van der Waals surface area contributed by atoms with Gasteiger partial charge in [-0.25, -0.2) is 0 Å². The molecule has 16 heavy (non-hydrogen) atoms. The van der Waals surface area contributed by atoms with E-state index in [4.69, 9.17) is 14.6 Å². The van der Waals surface area contributed by atoms with Crippen molar-refractivity contribution in [1.82, 2.24) is 0 Å². The summed E-state index contributed by atoms with van der Waals surface area (Å²) in [6, 6.07) is 0. The predicted molar refractivity (Wildman–Crippen MR) is 62.2 cm³/mol. The number of carbonyl (C=O) groups is 1. The van der Waals surface area contributed by atoms with Gasteiger partial charge >= 0.3 is 5.97 Å². The average molecular weight is 232 g/mol. The smallest absolute Gasteiger partial charge is 0.308 e. The topological polar surface area (TPSA) is 55.8 Å². The first-order valence-corrected chi connectivity index (χ1v) is 5.86. The van der Waals surface area contributed by atoms with E-state index in [1.54, 1.807) is 0 Å². The highest BCUT2D eigenvalue weighted by Crippen LogP contribution is 2.08. The molecular formula is C12H24O4. The third-order valence-corrected chi connectivity index (χ3v) is 1.82. The Kier molecular flexibility index (Phi) is 8.21. The van der Waals surface area contributed by atoms with Gasteiger partial charge in [-0.05, 0) is 40.0 Å². The van der Waals surface area contributed by atoms with E-state index in [0.29, 0.717) is 19.6 Å². The number of carbonyl (C=O) groups excluding carboxylic acids is 1. The molecule has 0 heterocycles. The zero-order valence-corrected chi connectivity index (χ0v) is 10.6. The molecule has 0 aliphatic heterocycles. The molecule has 0 aromatic rings. The molecule has 0 amide bonds. The van der Waals surface area contributed by atoms with Crippen molar-refractivity contribution < 1.29 is 19.4 Å². The van der Waals surface area contributed by atoms with Crippen LogP contribution in [0.25, 0.3) is 0 Å². The largest absolute Gasteiger partial charge is 0.460 e. The summed E-state index contributed by atoms with van der Waals surface area (Å²) in [7, 11) is 0. The third-order valence-electron chi connectivity index (χ3n) is 1.82. The normalized spacial score (nSPS) is 11.5. The van der Waals surface area contributed by atoms with E-state index >= 15 is 0 Å². The van der Waals surface area contributed by atoms with Crippen molar-refractivity contribution >= 4 is 5.97 Å². The molecule has 0 aromatic carbocycles. The number of aliphatic hydroxyl groups excluding tert-OH is 1. The van der Waals surface area contributed by atoms with Gasteiger partial charge in [-0.2, -0.15) is 0 Å². The summed E-state index contributed by atoms with van der Waals surface area (Å²) in [6.07, 6.45) is 3.00. The summed E-state index contributed by atoms with van der Waals surface area (Å²) in [5.74, 6) is -0.220. The zero-order valence-electron chi connectivity index (χ0n) is 10.6. The number of ether oxygens (including phenoxy) is 2. The van der Waals surface area contributed by atoms with Gasteiger partial charge in [-0.15, -0.1) is 0 Å². The first kappa shape index (κ1) is 15.4. The van der Waals surface area contributed by atoms with E-state index in [-0.39, 0.29) is 12.6 Å². The second-order valence-corrected chi connectivity index (χ2v) is 4.73. The average Bonchev–Trinajstić information content (AvgIpc) is 2.13. The Balaban J connectivity index is 3.28. The monoisotopic (exact) mass is 232 g/mol. The van der Waals surface area contributed by atoms with Crippen molar-refractivity contribution in [3.05, 3.63) is 0 Å². The van der Waals surface area contributed by atoms with Gasteiger partial charge in [0.1, 0.15) is 5.60 Å². The lowest BCUT2D eigenvalue weighted by Gasteiger charge is -2.19. The van der Waals surface area contributed by atoms with Gasteiger partial charge in [0.25, 0.3) is 0 Å². The Bertz CT molecular complexity index is 184. The van der Waals surface area contributed by atoms with Crippen LogP contribution in [0.3, 0.4) is 0 Å². The number of rotatable bonds is 8. The SMILES string of the molecule is CC(C)(C)OC(=O)CCOCCCCCO. The van der Waals surface area contributed by atoms with Crippen molar-refractivity contribution in [3.8, 4) is 0 Å². The molecule has 0 saturated carbocycles. The van der Waals surface area contributed by atoms with Crippen molar-refractivity contribution in [2.24, 2.45) is 0 Å². The Labute approximate surface area is 97.9 Å². The van der Waals surface area contributed by atoms with Gasteiger partial charge in [0.15, 0.2) is 0 Å². The number of aliphatic hydroxyl groups is 1. The molecule has 4 nitrogen and oxygen atoms in total. The minimum Gasteiger partial charge on any atom is -0.460 e. The van der Waals surface area contributed by atoms with E-state index in [0.717, 1.165) is 19.3 Å². The lowest BCUT2D eigenvalue weighted by atomic mass is 10.2. The van der Waals surface area contributed by atoms with E-state index in [9.17, 15) is 4.79 Å². The van der Waals surface area contributed by atoms with Crippen LogP contribution in [0, 0.1) is 0 Å². The summed E-state index contributed by atoms with van der Waals surface area (Å²) in [6.45, 7) is 6.83. The van der Waals surface area contributed by atoms with Gasteiger partial charge in [-0.1, -0.05) is 0 Å². The van der Waals surface area contributed by atoms with E-state index in [1.165, 1.54) is 0 Å². The van der Waals surface area contributed by atoms with Crippen molar-refractivity contribution in [2.45, 2.75) is 52.1 Å². The van der Waals surface area contributed by atoms with Crippen LogP contribution in [0.1, 0.15) is 46.5 Å². The number of hydrogen-bond acceptors (Lipinski definition) is 4. The Morgan fingerprint density at radius 1 is 1.12 bits per heavy atom. The summed E-state index contributed by atoms with van der Waals surface area (Å²) >= 11 is 0. The highest BCUT2D eigenvalue weighted by molar-refractivity contribution is 5.69.